The maximum atomic E-state index is 12.8. The summed E-state index contributed by atoms with van der Waals surface area (Å²) in [4.78, 5) is 61.4. The molecule has 1 unspecified atom stereocenters. The first-order chi connectivity index (χ1) is 17.3. The predicted octanol–water partition coefficient (Wildman–Crippen LogP) is 1.70. The third kappa shape index (κ3) is 4.72. The van der Waals surface area contributed by atoms with Crippen molar-refractivity contribution in [3.8, 4) is 5.75 Å². The lowest BCUT2D eigenvalue weighted by Crippen LogP contribution is -2.52. The largest absolute Gasteiger partial charge is 0.490 e. The molecule has 0 spiro atoms. The van der Waals surface area contributed by atoms with Gasteiger partial charge in [0.15, 0.2) is 0 Å². The van der Waals surface area contributed by atoms with Gasteiger partial charge < -0.3 is 25.4 Å². The number of nitrogens with zero attached hydrogens (tertiary/aromatic N) is 1. The molecule has 1 saturated carbocycles. The molecule has 1 atom stereocenters. The molecule has 1 aliphatic carbocycles. The molecule has 0 aromatic heterocycles. The minimum Gasteiger partial charge on any atom is -0.490 e. The Morgan fingerprint density at radius 1 is 1.03 bits per heavy atom. The average molecular weight is 492 g/mol. The van der Waals surface area contributed by atoms with Gasteiger partial charge in [-0.1, -0.05) is 0 Å². The summed E-state index contributed by atoms with van der Waals surface area (Å²) in [6, 6.07) is 11.0. The minimum atomic E-state index is -0.796. The SMILES string of the molecule is NC(=O)O[C@H]1C[C@@H](Oc2ccc(C(=O)Nc3ccc4c(c3)CN(C3CCC(=O)NC3=O)C4=O)cc2)C1. The van der Waals surface area contributed by atoms with Gasteiger partial charge in [-0.05, 0) is 54.4 Å². The van der Waals surface area contributed by atoms with Crippen LogP contribution in [0.1, 0.15) is 52.0 Å². The maximum absolute atomic E-state index is 12.8. The van der Waals surface area contributed by atoms with Crippen LogP contribution in [-0.4, -0.2) is 52.9 Å². The number of hydrogen-bond acceptors (Lipinski definition) is 7. The van der Waals surface area contributed by atoms with Crippen molar-refractivity contribution in [1.29, 1.82) is 0 Å². The van der Waals surface area contributed by atoms with E-state index in [4.69, 9.17) is 15.2 Å². The second-order valence-corrected chi connectivity index (χ2v) is 9.02. The van der Waals surface area contributed by atoms with E-state index >= 15 is 0 Å². The number of hydrogen-bond donors (Lipinski definition) is 3. The van der Waals surface area contributed by atoms with E-state index in [1.807, 2.05) is 0 Å². The van der Waals surface area contributed by atoms with Crippen LogP contribution < -0.4 is 21.1 Å². The van der Waals surface area contributed by atoms with E-state index in [2.05, 4.69) is 10.6 Å². The van der Waals surface area contributed by atoms with Crippen molar-refractivity contribution in [3.63, 3.8) is 0 Å². The number of piperidine rings is 1. The molecule has 36 heavy (non-hydrogen) atoms. The Morgan fingerprint density at radius 3 is 2.47 bits per heavy atom. The standard InChI is InChI=1S/C25H24N4O7/c26-25(34)36-18-10-17(11-18)35-16-4-1-13(2-5-16)22(31)27-15-3-6-19-14(9-15)12-29(24(19)33)20-7-8-21(30)28-23(20)32/h1-6,9,17-18,20H,7-8,10-12H2,(H2,26,34)(H,27,31)(H,28,30,32)/t17-,18+,20?. The third-order valence-corrected chi connectivity index (χ3v) is 6.54. The predicted molar refractivity (Wildman–Crippen MR) is 125 cm³/mol. The number of rotatable bonds is 6. The first-order valence-corrected chi connectivity index (χ1v) is 11.6. The van der Waals surface area contributed by atoms with Crippen molar-refractivity contribution >= 4 is 35.4 Å². The summed E-state index contributed by atoms with van der Waals surface area (Å²) >= 11 is 0. The van der Waals surface area contributed by atoms with Gasteiger partial charge in [0, 0.05) is 42.6 Å². The Balaban J connectivity index is 1.18. The fraction of sp³-hybridized carbons (Fsp3) is 0.320. The second kappa shape index (κ2) is 9.33. The van der Waals surface area contributed by atoms with Crippen molar-refractivity contribution in [2.24, 2.45) is 5.73 Å². The fourth-order valence-electron chi connectivity index (χ4n) is 4.61. The zero-order valence-corrected chi connectivity index (χ0v) is 19.2. The summed E-state index contributed by atoms with van der Waals surface area (Å²) in [5, 5.41) is 5.10. The molecule has 2 heterocycles. The molecule has 2 fully saturated rings. The van der Waals surface area contributed by atoms with Crippen molar-refractivity contribution in [2.45, 2.75) is 50.5 Å². The zero-order chi connectivity index (χ0) is 25.4. The summed E-state index contributed by atoms with van der Waals surface area (Å²) in [7, 11) is 0. The lowest BCUT2D eigenvalue weighted by atomic mass is 9.92. The summed E-state index contributed by atoms with van der Waals surface area (Å²) in [5.41, 5.74) is 7.11. The van der Waals surface area contributed by atoms with Crippen molar-refractivity contribution in [3.05, 3.63) is 59.2 Å². The molecular formula is C25H24N4O7. The number of amides is 5. The molecule has 0 radical (unpaired) electrons. The highest BCUT2D eigenvalue weighted by Gasteiger charge is 2.39. The Bertz CT molecular complexity index is 1250. The van der Waals surface area contributed by atoms with Crippen LogP contribution in [0, 0.1) is 0 Å². The van der Waals surface area contributed by atoms with Crippen molar-refractivity contribution in [2.75, 3.05) is 5.32 Å². The first kappa shape index (κ1) is 23.3. The Kier molecular flexibility index (Phi) is 6.05. The number of carbonyl (C=O) groups is 5. The molecule has 2 aromatic carbocycles. The third-order valence-electron chi connectivity index (χ3n) is 6.54. The smallest absolute Gasteiger partial charge is 0.404 e. The fourth-order valence-corrected chi connectivity index (χ4v) is 4.61. The minimum absolute atomic E-state index is 0.0807. The molecule has 5 amide bonds. The van der Waals surface area contributed by atoms with Gasteiger partial charge in [0.25, 0.3) is 11.8 Å². The molecule has 2 aromatic rings. The molecule has 4 N–H and O–H groups in total. The molecule has 5 rings (SSSR count). The number of ether oxygens (including phenoxy) is 2. The molecule has 186 valence electrons. The van der Waals surface area contributed by atoms with Crippen LogP contribution in [0.2, 0.25) is 0 Å². The molecule has 2 aliphatic heterocycles. The Hall–Kier alpha value is -4.41. The van der Waals surface area contributed by atoms with Crippen LogP contribution in [0.5, 0.6) is 5.75 Å². The number of anilines is 1. The number of imide groups is 1. The maximum Gasteiger partial charge on any atom is 0.404 e. The number of primary amides is 1. The molecule has 1 saturated heterocycles. The monoisotopic (exact) mass is 492 g/mol. The highest BCUT2D eigenvalue weighted by molar-refractivity contribution is 6.07. The topological polar surface area (TPSA) is 157 Å². The normalized spacial score (nSPS) is 22.8. The molecule has 3 aliphatic rings. The number of carbonyl (C=O) groups excluding carboxylic acids is 5. The van der Waals surface area contributed by atoms with Crippen molar-refractivity contribution in [1.82, 2.24) is 10.2 Å². The molecule has 0 bridgehead atoms. The number of nitrogens with two attached hydrogens (primary N) is 1. The lowest BCUT2D eigenvalue weighted by molar-refractivity contribution is -0.136. The van der Waals surface area contributed by atoms with Crippen LogP contribution in [0.15, 0.2) is 42.5 Å². The number of nitrogens with one attached hydrogen (secondary N) is 2. The van der Waals surface area contributed by atoms with Crippen LogP contribution >= 0.6 is 0 Å². The summed E-state index contributed by atoms with van der Waals surface area (Å²) in [6.45, 7) is 0.225. The second-order valence-electron chi connectivity index (χ2n) is 9.02. The molecular weight excluding hydrogens is 468 g/mol. The van der Waals surface area contributed by atoms with Gasteiger partial charge in [-0.15, -0.1) is 0 Å². The van der Waals surface area contributed by atoms with Gasteiger partial charge in [-0.25, -0.2) is 4.79 Å². The van der Waals surface area contributed by atoms with E-state index in [1.165, 1.54) is 4.90 Å². The summed E-state index contributed by atoms with van der Waals surface area (Å²) < 4.78 is 10.7. The summed E-state index contributed by atoms with van der Waals surface area (Å²) in [6.07, 6.45) is 0.498. The van der Waals surface area contributed by atoms with E-state index in [9.17, 15) is 24.0 Å². The van der Waals surface area contributed by atoms with Gasteiger partial charge in [0.05, 0.1) is 0 Å². The highest BCUT2D eigenvalue weighted by Crippen LogP contribution is 2.30. The number of fused-ring (bicyclic) bond motifs is 1. The van der Waals surface area contributed by atoms with E-state index in [1.54, 1.807) is 42.5 Å². The average Bonchev–Trinajstić information content (AvgIpc) is 3.13. The Labute approximate surface area is 205 Å². The van der Waals surface area contributed by atoms with E-state index in [-0.39, 0.29) is 49.3 Å². The van der Waals surface area contributed by atoms with Crippen LogP contribution in [-0.2, 0) is 20.9 Å². The van der Waals surface area contributed by atoms with Crippen LogP contribution in [0.3, 0.4) is 0 Å². The van der Waals surface area contributed by atoms with Gasteiger partial charge in [-0.3, -0.25) is 24.5 Å². The van der Waals surface area contributed by atoms with Gasteiger partial charge in [0.2, 0.25) is 11.8 Å². The summed E-state index contributed by atoms with van der Waals surface area (Å²) in [5.74, 6) is -0.807. The van der Waals surface area contributed by atoms with Crippen LogP contribution in [0.25, 0.3) is 0 Å². The molecule has 11 heteroatoms. The lowest BCUT2D eigenvalue weighted by Gasteiger charge is -2.34. The van der Waals surface area contributed by atoms with Gasteiger partial charge in [0.1, 0.15) is 24.0 Å². The van der Waals surface area contributed by atoms with Crippen LogP contribution in [0.4, 0.5) is 10.5 Å². The number of benzene rings is 2. The van der Waals surface area contributed by atoms with Crippen molar-refractivity contribution < 1.29 is 33.4 Å². The Morgan fingerprint density at radius 2 is 1.78 bits per heavy atom. The first-order valence-electron chi connectivity index (χ1n) is 11.6. The van der Waals surface area contributed by atoms with E-state index in [0.29, 0.717) is 41.0 Å². The van der Waals surface area contributed by atoms with E-state index in [0.717, 1.165) is 0 Å². The van der Waals surface area contributed by atoms with Gasteiger partial charge >= 0.3 is 6.09 Å². The van der Waals surface area contributed by atoms with E-state index < -0.39 is 18.0 Å². The van der Waals surface area contributed by atoms with Gasteiger partial charge in [-0.2, -0.15) is 0 Å². The molecule has 11 nitrogen and oxygen atoms in total. The quantitative estimate of drug-likeness (QED) is 0.518. The zero-order valence-electron chi connectivity index (χ0n) is 19.2. The highest BCUT2D eigenvalue weighted by atomic mass is 16.6.